The van der Waals surface area contributed by atoms with E-state index in [4.69, 9.17) is 14.2 Å². The van der Waals surface area contributed by atoms with Gasteiger partial charge in [-0.3, -0.25) is 14.5 Å². The molecule has 1 aromatic heterocycles. The number of nitrogens with one attached hydrogen (secondary N) is 2. The smallest absolute Gasteiger partial charge is 0.253 e. The minimum Gasteiger partial charge on any atom is -0.492 e. The van der Waals surface area contributed by atoms with E-state index in [1.807, 2.05) is 32.9 Å². The number of carbonyl (C=O) groups excluding carboxylic acids is 1. The van der Waals surface area contributed by atoms with E-state index in [1.54, 1.807) is 7.11 Å². The third kappa shape index (κ3) is 8.84. The number of likely N-dealkylation sites (N-methyl/N-ethyl adjacent to an activating group) is 1. The van der Waals surface area contributed by atoms with Crippen LogP contribution < -0.4 is 20.5 Å². The van der Waals surface area contributed by atoms with Gasteiger partial charge in [0.25, 0.3) is 11.5 Å². The lowest BCUT2D eigenvalue weighted by atomic mass is 9.88. The van der Waals surface area contributed by atoms with Crippen LogP contribution in [0.5, 0.6) is 5.75 Å². The van der Waals surface area contributed by atoms with Gasteiger partial charge in [-0.05, 0) is 83.7 Å². The summed E-state index contributed by atoms with van der Waals surface area (Å²) in [5, 5.41) is 3.02. The predicted molar refractivity (Wildman–Crippen MR) is 175 cm³/mol. The molecule has 1 aliphatic heterocycles. The summed E-state index contributed by atoms with van der Waals surface area (Å²) in [5.41, 5.74) is 4.63. The number of aromatic nitrogens is 1. The molecule has 244 valence electrons. The average Bonchev–Trinajstić information content (AvgIpc) is 3.01. The van der Waals surface area contributed by atoms with E-state index >= 15 is 0 Å². The molecule has 1 saturated carbocycles. The van der Waals surface area contributed by atoms with Gasteiger partial charge in [0.1, 0.15) is 12.4 Å². The summed E-state index contributed by atoms with van der Waals surface area (Å²) in [7, 11) is 3.95. The van der Waals surface area contributed by atoms with Crippen LogP contribution in [0.3, 0.4) is 0 Å². The summed E-state index contributed by atoms with van der Waals surface area (Å²) in [6.45, 7) is 15.3. The zero-order valence-corrected chi connectivity index (χ0v) is 27.7. The van der Waals surface area contributed by atoms with Gasteiger partial charge in [0, 0.05) is 87.0 Å². The standard InChI is InChI=1S/C34H53N5O5/c1-7-39(28-10-8-27(9-11-28)37(5)12-16-42-6)32-22-29(44-19-15-38-13-17-43-18-14-38)21-30(26(32)4)33(40)35-23-31-24(2)20-25(3)36-34(31)41/h20-22,27-28H,7-19,23H2,1-6H3,(H,35,40)(H,36,41)/t27-,28-. The number of pyridine rings is 1. The van der Waals surface area contributed by atoms with Crippen LogP contribution in [0.4, 0.5) is 5.69 Å². The SMILES string of the molecule is CCN(c1cc(OCCN2CCOCC2)cc(C(=O)NCc2c(C)cc(C)[nH]c2=O)c1C)[C@H]1CC[C@H](N(C)CCOC)CC1. The third-order valence-corrected chi connectivity index (χ3v) is 9.33. The molecule has 10 heteroatoms. The van der Waals surface area contributed by atoms with Gasteiger partial charge in [-0.1, -0.05) is 0 Å². The van der Waals surface area contributed by atoms with Crippen molar-refractivity contribution in [2.24, 2.45) is 0 Å². The van der Waals surface area contributed by atoms with E-state index in [9.17, 15) is 9.59 Å². The second-order valence-electron chi connectivity index (χ2n) is 12.3. The third-order valence-electron chi connectivity index (χ3n) is 9.33. The first kappa shape index (κ1) is 34.0. The zero-order valence-electron chi connectivity index (χ0n) is 27.7. The van der Waals surface area contributed by atoms with Gasteiger partial charge >= 0.3 is 0 Å². The van der Waals surface area contributed by atoms with Crippen molar-refractivity contribution in [3.05, 3.63) is 56.5 Å². The Morgan fingerprint density at radius 3 is 2.43 bits per heavy atom. The molecule has 10 nitrogen and oxygen atoms in total. The molecule has 2 heterocycles. The molecule has 0 unspecified atom stereocenters. The Balaban J connectivity index is 1.54. The Labute approximate surface area is 263 Å². The molecular weight excluding hydrogens is 558 g/mol. The predicted octanol–water partition coefficient (Wildman–Crippen LogP) is 3.66. The molecule has 1 aromatic carbocycles. The number of hydrogen-bond acceptors (Lipinski definition) is 8. The van der Waals surface area contributed by atoms with Gasteiger partial charge in [0.2, 0.25) is 0 Å². The number of ether oxygens (including phenoxy) is 3. The molecule has 1 aliphatic carbocycles. The topological polar surface area (TPSA) is 99.4 Å². The fourth-order valence-corrected chi connectivity index (χ4v) is 6.63. The molecule has 2 aliphatic rings. The number of morpholine rings is 1. The largest absolute Gasteiger partial charge is 0.492 e. The first-order chi connectivity index (χ1) is 21.2. The van der Waals surface area contributed by atoms with Gasteiger partial charge in [-0.2, -0.15) is 0 Å². The highest BCUT2D eigenvalue weighted by Crippen LogP contribution is 2.35. The molecule has 0 spiro atoms. The van der Waals surface area contributed by atoms with Crippen molar-refractivity contribution < 1.29 is 19.0 Å². The molecule has 2 aromatic rings. The molecule has 1 amide bonds. The minimum atomic E-state index is -0.207. The second-order valence-corrected chi connectivity index (χ2v) is 12.3. The summed E-state index contributed by atoms with van der Waals surface area (Å²) in [5.74, 6) is 0.487. The summed E-state index contributed by atoms with van der Waals surface area (Å²) in [4.78, 5) is 36.4. The van der Waals surface area contributed by atoms with E-state index in [-0.39, 0.29) is 18.0 Å². The van der Waals surface area contributed by atoms with E-state index in [0.717, 1.165) is 101 Å². The van der Waals surface area contributed by atoms with Crippen molar-refractivity contribution >= 4 is 11.6 Å². The van der Waals surface area contributed by atoms with Crippen molar-refractivity contribution in [1.29, 1.82) is 0 Å². The average molecular weight is 612 g/mol. The van der Waals surface area contributed by atoms with Crippen LogP contribution >= 0.6 is 0 Å². The fourth-order valence-electron chi connectivity index (χ4n) is 6.63. The molecule has 0 radical (unpaired) electrons. The number of carbonyl (C=O) groups is 1. The van der Waals surface area contributed by atoms with Crippen LogP contribution in [0.15, 0.2) is 23.0 Å². The van der Waals surface area contributed by atoms with Crippen LogP contribution in [-0.2, 0) is 16.0 Å². The number of benzene rings is 1. The summed E-state index contributed by atoms with van der Waals surface area (Å²) >= 11 is 0. The lowest BCUT2D eigenvalue weighted by molar-refractivity contribution is 0.0322. The zero-order chi connectivity index (χ0) is 31.6. The molecule has 0 atom stereocenters. The Bertz CT molecular complexity index is 1280. The van der Waals surface area contributed by atoms with Crippen molar-refractivity contribution in [3.63, 3.8) is 0 Å². The molecule has 2 fully saturated rings. The highest BCUT2D eigenvalue weighted by atomic mass is 16.5. The van der Waals surface area contributed by atoms with E-state index in [2.05, 4.69) is 45.0 Å². The lowest BCUT2D eigenvalue weighted by Gasteiger charge is -2.41. The molecule has 4 rings (SSSR count). The normalized spacial score (nSPS) is 19.2. The Morgan fingerprint density at radius 1 is 1.07 bits per heavy atom. The van der Waals surface area contributed by atoms with Crippen LogP contribution in [0.2, 0.25) is 0 Å². The number of methoxy groups -OCH3 is 1. The Morgan fingerprint density at radius 2 is 1.77 bits per heavy atom. The molecule has 44 heavy (non-hydrogen) atoms. The maximum atomic E-state index is 13.7. The summed E-state index contributed by atoms with van der Waals surface area (Å²) < 4.78 is 17.1. The molecule has 2 N–H and O–H groups in total. The van der Waals surface area contributed by atoms with Crippen molar-refractivity contribution in [3.8, 4) is 5.75 Å². The quantitative estimate of drug-likeness (QED) is 0.334. The second kappa shape index (κ2) is 16.4. The monoisotopic (exact) mass is 611 g/mol. The van der Waals surface area contributed by atoms with Gasteiger partial charge in [0.15, 0.2) is 0 Å². The van der Waals surface area contributed by atoms with E-state index in [1.165, 1.54) is 0 Å². The highest BCUT2D eigenvalue weighted by Gasteiger charge is 2.29. The number of rotatable bonds is 14. The number of hydrogen-bond donors (Lipinski definition) is 2. The van der Waals surface area contributed by atoms with Crippen LogP contribution in [-0.4, -0.2) is 106 Å². The summed E-state index contributed by atoms with van der Waals surface area (Å²) in [6, 6.07) is 6.85. The number of aromatic amines is 1. The van der Waals surface area contributed by atoms with Gasteiger partial charge < -0.3 is 34.3 Å². The number of aryl methyl sites for hydroxylation is 2. The maximum absolute atomic E-state index is 13.7. The Hall–Kier alpha value is -2.92. The first-order valence-electron chi connectivity index (χ1n) is 16.2. The summed E-state index contributed by atoms with van der Waals surface area (Å²) in [6.07, 6.45) is 4.45. The fraction of sp³-hybridized carbons (Fsp3) is 0.647. The van der Waals surface area contributed by atoms with Crippen LogP contribution in [0, 0.1) is 20.8 Å². The lowest BCUT2D eigenvalue weighted by Crippen LogP contribution is -2.44. The first-order valence-corrected chi connectivity index (χ1v) is 16.2. The molecule has 1 saturated heterocycles. The van der Waals surface area contributed by atoms with E-state index < -0.39 is 0 Å². The highest BCUT2D eigenvalue weighted by molar-refractivity contribution is 5.97. The van der Waals surface area contributed by atoms with Gasteiger partial charge in [-0.25, -0.2) is 0 Å². The number of anilines is 1. The van der Waals surface area contributed by atoms with Crippen LogP contribution in [0.1, 0.15) is 65.3 Å². The maximum Gasteiger partial charge on any atom is 0.253 e. The minimum absolute atomic E-state index is 0.162. The Kier molecular flexibility index (Phi) is 12.7. The number of nitrogens with zero attached hydrogens (tertiary/aromatic N) is 3. The van der Waals surface area contributed by atoms with Gasteiger partial charge in [0.05, 0.1) is 19.8 Å². The number of amides is 1. The van der Waals surface area contributed by atoms with Crippen molar-refractivity contribution in [2.45, 2.75) is 72.0 Å². The number of H-pyrrole nitrogens is 1. The van der Waals surface area contributed by atoms with Crippen molar-refractivity contribution in [2.75, 3.05) is 78.2 Å². The van der Waals surface area contributed by atoms with Crippen LogP contribution in [0.25, 0.3) is 0 Å². The molecule has 0 bridgehead atoms. The van der Waals surface area contributed by atoms with Crippen molar-refractivity contribution in [1.82, 2.24) is 20.1 Å². The molecular formula is C34H53N5O5. The van der Waals surface area contributed by atoms with Gasteiger partial charge in [-0.15, -0.1) is 0 Å². The van der Waals surface area contributed by atoms with E-state index in [0.29, 0.717) is 35.6 Å².